The van der Waals surface area contributed by atoms with Crippen molar-refractivity contribution >= 4 is 28.9 Å². The Bertz CT molecular complexity index is 626. The van der Waals surface area contributed by atoms with Crippen LogP contribution in [0.3, 0.4) is 0 Å². The van der Waals surface area contributed by atoms with Gasteiger partial charge in [0, 0.05) is 5.69 Å². The zero-order chi connectivity index (χ0) is 17.4. The molecule has 0 aliphatic carbocycles. The molecule has 7 heteroatoms. The summed E-state index contributed by atoms with van der Waals surface area (Å²) >= 11 is 5.13. The molecule has 126 valence electrons. The summed E-state index contributed by atoms with van der Waals surface area (Å²) in [4.78, 5) is 11.9. The maximum absolute atomic E-state index is 11.9. The number of rotatable bonds is 5. The van der Waals surface area contributed by atoms with Gasteiger partial charge in [0.2, 0.25) is 5.91 Å². The lowest BCUT2D eigenvalue weighted by Gasteiger charge is -2.12. The van der Waals surface area contributed by atoms with Crippen molar-refractivity contribution in [1.29, 1.82) is 0 Å². The van der Waals surface area contributed by atoms with Gasteiger partial charge in [0.25, 0.3) is 0 Å². The summed E-state index contributed by atoms with van der Waals surface area (Å²) in [6.07, 6.45) is 0.238. The van der Waals surface area contributed by atoms with E-state index in [9.17, 15) is 4.79 Å². The molecule has 2 aromatic rings. The summed E-state index contributed by atoms with van der Waals surface area (Å²) in [6.45, 7) is 0. The lowest BCUT2D eigenvalue weighted by atomic mass is 10.1. The molecule has 0 atom stereocenters. The lowest BCUT2D eigenvalue weighted by Crippen LogP contribution is -2.44. The van der Waals surface area contributed by atoms with E-state index < -0.39 is 0 Å². The van der Waals surface area contributed by atoms with E-state index in [1.165, 1.54) is 0 Å². The number of hydrazine groups is 1. The maximum Gasteiger partial charge on any atom is 0.242 e. The number of hydrogen-bond acceptors (Lipinski definition) is 4. The van der Waals surface area contributed by atoms with E-state index in [1.807, 2.05) is 48.5 Å². The molecule has 24 heavy (non-hydrogen) atoms. The lowest BCUT2D eigenvalue weighted by molar-refractivity contribution is -0.120. The van der Waals surface area contributed by atoms with Crippen LogP contribution in [0.4, 0.5) is 5.69 Å². The number of anilines is 1. The fraction of sp³-hybridized carbons (Fsp3) is 0.176. The Morgan fingerprint density at radius 1 is 0.917 bits per heavy atom. The molecule has 0 spiro atoms. The van der Waals surface area contributed by atoms with E-state index in [4.69, 9.17) is 21.7 Å². The molecule has 0 fully saturated rings. The van der Waals surface area contributed by atoms with Crippen molar-refractivity contribution in [2.24, 2.45) is 0 Å². The maximum atomic E-state index is 11.9. The minimum Gasteiger partial charge on any atom is -0.497 e. The molecule has 3 N–H and O–H groups in total. The smallest absolute Gasteiger partial charge is 0.242 e. The monoisotopic (exact) mass is 345 g/mol. The van der Waals surface area contributed by atoms with Crippen LogP contribution in [-0.4, -0.2) is 25.2 Å². The van der Waals surface area contributed by atoms with Crippen LogP contribution in [0, 0.1) is 0 Å². The van der Waals surface area contributed by atoms with Crippen molar-refractivity contribution in [2.45, 2.75) is 6.42 Å². The minimum absolute atomic E-state index is 0.195. The van der Waals surface area contributed by atoms with Gasteiger partial charge in [0.1, 0.15) is 11.5 Å². The molecule has 0 aliphatic rings. The summed E-state index contributed by atoms with van der Waals surface area (Å²) in [5.41, 5.74) is 6.89. The van der Waals surface area contributed by atoms with E-state index in [0.717, 1.165) is 22.7 Å². The van der Waals surface area contributed by atoms with Gasteiger partial charge in [0.15, 0.2) is 5.11 Å². The standard InChI is InChI=1S/C17H19N3O3S/c1-22-14-7-3-12(4-8-14)11-16(21)19-20-17(24)18-13-5-9-15(23-2)10-6-13/h3-10H,11H2,1-2H3,(H,19,21)(H2,18,20,24). The molecule has 0 aliphatic heterocycles. The van der Waals surface area contributed by atoms with Crippen LogP contribution in [0.5, 0.6) is 11.5 Å². The molecule has 0 saturated heterocycles. The molecule has 0 bridgehead atoms. The second-order valence-electron chi connectivity index (χ2n) is 4.88. The highest BCUT2D eigenvalue weighted by molar-refractivity contribution is 7.80. The second-order valence-corrected chi connectivity index (χ2v) is 5.29. The Morgan fingerprint density at radius 2 is 1.46 bits per heavy atom. The SMILES string of the molecule is COc1ccc(CC(=O)NNC(=S)Nc2ccc(OC)cc2)cc1. The van der Waals surface area contributed by atoms with Crippen molar-refractivity contribution < 1.29 is 14.3 Å². The molecule has 2 rings (SSSR count). The second kappa shape index (κ2) is 8.73. The fourth-order valence-corrected chi connectivity index (χ4v) is 2.11. The molecule has 0 unspecified atom stereocenters. The highest BCUT2D eigenvalue weighted by Crippen LogP contribution is 2.14. The van der Waals surface area contributed by atoms with Gasteiger partial charge in [0.05, 0.1) is 20.6 Å². The number of thiocarbonyl (C=S) groups is 1. The van der Waals surface area contributed by atoms with Gasteiger partial charge in [-0.2, -0.15) is 0 Å². The van der Waals surface area contributed by atoms with Crippen molar-refractivity contribution in [3.8, 4) is 11.5 Å². The first-order chi connectivity index (χ1) is 11.6. The van der Waals surface area contributed by atoms with Crippen LogP contribution >= 0.6 is 12.2 Å². The molecular formula is C17H19N3O3S. The zero-order valence-electron chi connectivity index (χ0n) is 13.5. The van der Waals surface area contributed by atoms with Gasteiger partial charge in [-0.25, -0.2) is 0 Å². The largest absolute Gasteiger partial charge is 0.497 e. The van der Waals surface area contributed by atoms with Gasteiger partial charge in [-0.05, 0) is 54.2 Å². The summed E-state index contributed by atoms with van der Waals surface area (Å²) in [7, 11) is 3.20. The number of ether oxygens (including phenoxy) is 2. The average molecular weight is 345 g/mol. The number of benzene rings is 2. The van der Waals surface area contributed by atoms with E-state index in [1.54, 1.807) is 14.2 Å². The Kier molecular flexibility index (Phi) is 6.39. The van der Waals surface area contributed by atoms with Crippen LogP contribution in [0.2, 0.25) is 0 Å². The van der Waals surface area contributed by atoms with Crippen LogP contribution in [-0.2, 0) is 11.2 Å². The molecular weight excluding hydrogens is 326 g/mol. The van der Waals surface area contributed by atoms with Crippen molar-refractivity contribution in [2.75, 3.05) is 19.5 Å². The molecule has 0 radical (unpaired) electrons. The van der Waals surface area contributed by atoms with Gasteiger partial charge >= 0.3 is 0 Å². The van der Waals surface area contributed by atoms with E-state index >= 15 is 0 Å². The summed E-state index contributed by atoms with van der Waals surface area (Å²) in [5.74, 6) is 1.31. The summed E-state index contributed by atoms with van der Waals surface area (Å²) in [6, 6.07) is 14.6. The van der Waals surface area contributed by atoms with Crippen LogP contribution in [0.1, 0.15) is 5.56 Å². The Hall–Kier alpha value is -2.80. The molecule has 0 saturated carbocycles. The molecule has 0 aromatic heterocycles. The van der Waals surface area contributed by atoms with Gasteiger partial charge in [-0.3, -0.25) is 15.6 Å². The number of amides is 1. The highest BCUT2D eigenvalue weighted by Gasteiger charge is 2.05. The number of hydrogen-bond donors (Lipinski definition) is 3. The minimum atomic E-state index is -0.195. The Balaban J connectivity index is 1.76. The quantitative estimate of drug-likeness (QED) is 0.570. The molecule has 0 heterocycles. The molecule has 2 aromatic carbocycles. The highest BCUT2D eigenvalue weighted by atomic mass is 32.1. The zero-order valence-corrected chi connectivity index (χ0v) is 14.3. The van der Waals surface area contributed by atoms with E-state index in [-0.39, 0.29) is 12.3 Å². The average Bonchev–Trinajstić information content (AvgIpc) is 2.61. The Morgan fingerprint density at radius 3 is 2.00 bits per heavy atom. The number of methoxy groups -OCH3 is 2. The third-order valence-electron chi connectivity index (χ3n) is 3.19. The van der Waals surface area contributed by atoms with Crippen molar-refractivity contribution in [3.63, 3.8) is 0 Å². The first-order valence-electron chi connectivity index (χ1n) is 7.23. The normalized spacial score (nSPS) is 9.75. The number of carbonyl (C=O) groups is 1. The predicted molar refractivity (Wildman–Crippen MR) is 97.2 cm³/mol. The van der Waals surface area contributed by atoms with Gasteiger partial charge < -0.3 is 14.8 Å². The van der Waals surface area contributed by atoms with Crippen LogP contribution in [0.25, 0.3) is 0 Å². The molecule has 6 nitrogen and oxygen atoms in total. The Labute approximate surface area is 146 Å². The van der Waals surface area contributed by atoms with Crippen molar-refractivity contribution in [3.05, 3.63) is 54.1 Å². The first kappa shape index (κ1) is 17.6. The fourth-order valence-electron chi connectivity index (χ4n) is 1.94. The summed E-state index contributed by atoms with van der Waals surface area (Å²) in [5, 5.41) is 3.26. The first-order valence-corrected chi connectivity index (χ1v) is 7.64. The third kappa shape index (κ3) is 5.44. The molecule has 1 amide bonds. The van der Waals surface area contributed by atoms with E-state index in [0.29, 0.717) is 5.11 Å². The third-order valence-corrected chi connectivity index (χ3v) is 3.39. The topological polar surface area (TPSA) is 71.6 Å². The van der Waals surface area contributed by atoms with Crippen LogP contribution < -0.4 is 25.6 Å². The number of carbonyl (C=O) groups excluding carboxylic acids is 1. The predicted octanol–water partition coefficient (Wildman–Crippen LogP) is 2.26. The van der Waals surface area contributed by atoms with Crippen molar-refractivity contribution in [1.82, 2.24) is 10.9 Å². The van der Waals surface area contributed by atoms with Gasteiger partial charge in [-0.1, -0.05) is 12.1 Å². The number of nitrogens with one attached hydrogen (secondary N) is 3. The van der Waals surface area contributed by atoms with Gasteiger partial charge in [-0.15, -0.1) is 0 Å². The van der Waals surface area contributed by atoms with E-state index in [2.05, 4.69) is 16.2 Å². The van der Waals surface area contributed by atoms with Crippen LogP contribution in [0.15, 0.2) is 48.5 Å². The summed E-state index contributed by atoms with van der Waals surface area (Å²) < 4.78 is 10.2.